The maximum absolute atomic E-state index is 13.6. The molecule has 2 heterocycles. The Bertz CT molecular complexity index is 1920. The van der Waals surface area contributed by atoms with Crippen molar-refractivity contribution in [1.82, 2.24) is 19.3 Å². The zero-order chi connectivity index (χ0) is 32.3. The van der Waals surface area contributed by atoms with Crippen molar-refractivity contribution >= 4 is 43.3 Å². The summed E-state index contributed by atoms with van der Waals surface area (Å²) in [7, 11) is 2.32. The van der Waals surface area contributed by atoms with Crippen LogP contribution in [0, 0.1) is 0 Å². The molecule has 240 valence electrons. The molecule has 1 saturated heterocycles. The van der Waals surface area contributed by atoms with Gasteiger partial charge in [0.15, 0.2) is 0 Å². The van der Waals surface area contributed by atoms with E-state index in [4.69, 9.17) is 0 Å². The summed E-state index contributed by atoms with van der Waals surface area (Å²) in [5.74, 6) is -0.0152. The number of nitrogens with one attached hydrogen (secondary N) is 1. The second-order valence-corrected chi connectivity index (χ2v) is 14.2. The number of para-hydroxylation sites is 1. The van der Waals surface area contributed by atoms with E-state index in [1.54, 1.807) is 23.1 Å². The monoisotopic (exact) mass is 637 g/mol. The first-order valence-electron chi connectivity index (χ1n) is 16.0. The van der Waals surface area contributed by atoms with Crippen LogP contribution in [-0.4, -0.2) is 80.9 Å². The first kappa shape index (κ1) is 31.8. The van der Waals surface area contributed by atoms with Crippen LogP contribution in [0.25, 0.3) is 21.7 Å². The van der Waals surface area contributed by atoms with E-state index in [2.05, 4.69) is 58.9 Å². The molecule has 0 saturated carbocycles. The fourth-order valence-electron chi connectivity index (χ4n) is 6.92. The summed E-state index contributed by atoms with van der Waals surface area (Å²) in [5, 5.41) is 2.38. The average Bonchev–Trinajstić information content (AvgIpc) is 3.48. The van der Waals surface area contributed by atoms with Gasteiger partial charge >= 0.3 is 0 Å². The Hall–Kier alpha value is -4.18. The first-order chi connectivity index (χ1) is 22.2. The Kier molecular flexibility index (Phi) is 9.18. The third-order valence-electron chi connectivity index (χ3n) is 9.62. The topological polar surface area (TPSA) is 77.9 Å². The number of carbonyl (C=O) groups is 1. The van der Waals surface area contributed by atoms with Crippen molar-refractivity contribution in [3.63, 3.8) is 0 Å². The normalized spacial score (nSPS) is 15.4. The minimum absolute atomic E-state index is 0.0152. The molecule has 1 amide bonds. The summed E-state index contributed by atoms with van der Waals surface area (Å²) < 4.78 is 31.9. The summed E-state index contributed by atoms with van der Waals surface area (Å²) >= 11 is 0. The van der Waals surface area contributed by atoms with Crippen LogP contribution in [-0.2, 0) is 26.9 Å². The molecule has 9 heteroatoms. The Morgan fingerprint density at radius 1 is 0.826 bits per heavy atom. The Morgan fingerprint density at radius 2 is 1.50 bits per heavy atom. The maximum atomic E-state index is 13.6. The predicted molar refractivity (Wildman–Crippen MR) is 186 cm³/mol. The van der Waals surface area contributed by atoms with Crippen LogP contribution in [0.3, 0.4) is 0 Å². The fraction of sp³-hybridized carbons (Fsp3) is 0.324. The highest BCUT2D eigenvalue weighted by molar-refractivity contribution is 7.93. The highest BCUT2D eigenvalue weighted by Gasteiger charge is 2.37. The molecule has 1 N–H and O–H groups in total. The number of fused-ring (bicyclic) bond motifs is 2. The van der Waals surface area contributed by atoms with Crippen LogP contribution in [0.5, 0.6) is 0 Å². The molecule has 0 atom stereocenters. The van der Waals surface area contributed by atoms with Gasteiger partial charge in [0, 0.05) is 49.2 Å². The van der Waals surface area contributed by atoms with Crippen LogP contribution in [0.4, 0.5) is 5.69 Å². The van der Waals surface area contributed by atoms with Gasteiger partial charge in [-0.25, -0.2) is 8.42 Å². The Morgan fingerprint density at radius 3 is 2.26 bits per heavy atom. The van der Waals surface area contributed by atoms with Crippen molar-refractivity contribution in [2.75, 3.05) is 52.0 Å². The zero-order valence-corrected chi connectivity index (χ0v) is 27.7. The molecule has 1 aromatic heterocycles. The van der Waals surface area contributed by atoms with Crippen LogP contribution >= 0.6 is 0 Å². The number of rotatable bonds is 11. The molecule has 1 aliphatic heterocycles. The summed E-state index contributed by atoms with van der Waals surface area (Å²) in [6.07, 6.45) is 4.90. The number of carbonyl (C=O) groups excluding carboxylic acids is 1. The Labute approximate surface area is 272 Å². The number of piperidine rings is 1. The van der Waals surface area contributed by atoms with E-state index in [9.17, 15) is 13.2 Å². The molecule has 0 radical (unpaired) electrons. The number of anilines is 1. The number of benzene rings is 4. The first-order valence-corrected chi connectivity index (χ1v) is 17.4. The van der Waals surface area contributed by atoms with Gasteiger partial charge in [0.05, 0.1) is 16.1 Å². The molecular weight excluding hydrogens is 595 g/mol. The van der Waals surface area contributed by atoms with Gasteiger partial charge < -0.3 is 14.4 Å². The van der Waals surface area contributed by atoms with Gasteiger partial charge in [-0.15, -0.1) is 0 Å². The van der Waals surface area contributed by atoms with Crippen molar-refractivity contribution in [3.8, 4) is 0 Å². The lowest BCUT2D eigenvalue weighted by molar-refractivity contribution is -0.130. The van der Waals surface area contributed by atoms with Crippen molar-refractivity contribution < 1.29 is 13.2 Å². The van der Waals surface area contributed by atoms with E-state index < -0.39 is 10.0 Å². The maximum Gasteiger partial charge on any atom is 0.262 e. The highest BCUT2D eigenvalue weighted by atomic mass is 32.2. The molecule has 6 rings (SSSR count). The molecular formula is C37H43N5O3S. The number of hydrogen-bond donors (Lipinski definition) is 1. The zero-order valence-electron chi connectivity index (χ0n) is 26.9. The number of nitrogens with zero attached hydrogens (tertiary/aromatic N) is 4. The number of likely N-dealkylation sites (N-methyl/N-ethyl adjacent to an activating group) is 1. The van der Waals surface area contributed by atoms with Gasteiger partial charge in [0.1, 0.15) is 6.54 Å². The number of likely N-dealkylation sites (tertiary alicyclic amines) is 1. The summed E-state index contributed by atoms with van der Waals surface area (Å²) in [4.78, 5) is 20.3. The summed E-state index contributed by atoms with van der Waals surface area (Å²) in [6, 6.07) is 30.9. The van der Waals surface area contributed by atoms with E-state index in [0.29, 0.717) is 23.1 Å². The number of aromatic nitrogens is 1. The predicted octanol–water partition coefficient (Wildman–Crippen LogP) is 6.00. The molecule has 0 unspecified atom stereocenters. The van der Waals surface area contributed by atoms with Gasteiger partial charge in [-0.05, 0) is 69.1 Å². The van der Waals surface area contributed by atoms with Crippen molar-refractivity contribution in [1.29, 1.82) is 0 Å². The molecule has 0 aliphatic carbocycles. The fourth-order valence-corrected chi connectivity index (χ4v) is 8.21. The average molecular weight is 638 g/mol. The lowest BCUT2D eigenvalue weighted by Gasteiger charge is -2.46. The van der Waals surface area contributed by atoms with Crippen molar-refractivity contribution in [2.45, 2.75) is 36.2 Å². The lowest BCUT2D eigenvalue weighted by atomic mass is 9.80. The van der Waals surface area contributed by atoms with Crippen LogP contribution in [0.2, 0.25) is 0 Å². The second-order valence-electron chi connectivity index (χ2n) is 12.6. The Balaban J connectivity index is 1.08. The number of hydrogen-bond acceptors (Lipinski definition) is 5. The summed E-state index contributed by atoms with van der Waals surface area (Å²) in [6.45, 7) is 3.78. The van der Waals surface area contributed by atoms with E-state index in [0.717, 1.165) is 49.7 Å². The second kappa shape index (κ2) is 13.3. The van der Waals surface area contributed by atoms with Crippen LogP contribution in [0.15, 0.2) is 108 Å². The third kappa shape index (κ3) is 6.40. The summed E-state index contributed by atoms with van der Waals surface area (Å²) in [5.41, 5.74) is 2.57. The van der Waals surface area contributed by atoms with E-state index >= 15 is 0 Å². The largest absolute Gasteiger partial charge is 0.344 e. The molecule has 0 bridgehead atoms. The number of sulfonamides is 1. The van der Waals surface area contributed by atoms with Gasteiger partial charge in [-0.1, -0.05) is 78.9 Å². The van der Waals surface area contributed by atoms with Crippen LogP contribution in [0.1, 0.15) is 24.8 Å². The van der Waals surface area contributed by atoms with Crippen molar-refractivity contribution in [3.05, 3.63) is 109 Å². The van der Waals surface area contributed by atoms with Crippen molar-refractivity contribution in [2.24, 2.45) is 0 Å². The minimum atomic E-state index is -3.89. The van der Waals surface area contributed by atoms with E-state index in [1.165, 1.54) is 5.56 Å². The third-order valence-corrected chi connectivity index (χ3v) is 11.0. The molecule has 1 fully saturated rings. The molecule has 0 spiro atoms. The minimum Gasteiger partial charge on any atom is -0.344 e. The van der Waals surface area contributed by atoms with Crippen LogP contribution < -0.4 is 4.72 Å². The molecule has 46 heavy (non-hydrogen) atoms. The van der Waals surface area contributed by atoms with Gasteiger partial charge in [-0.2, -0.15) is 0 Å². The van der Waals surface area contributed by atoms with Gasteiger partial charge in [0.25, 0.3) is 10.0 Å². The molecule has 8 nitrogen and oxygen atoms in total. The lowest BCUT2D eigenvalue weighted by Crippen LogP contribution is -2.50. The quantitative estimate of drug-likeness (QED) is 0.192. The standard InChI is InChI=1S/C37H43N5O3S/c1-39(2)37(31-15-5-4-6-16-31)21-26-41(27-22-37)24-11-23-40(3)35(43)28-42-25-20-30-14-9-18-33(36(30)42)38-46(44,45)34-19-10-13-29-12-7-8-17-32(29)34/h4-10,12-20,25,38H,11,21-24,26-28H2,1-3H3. The van der Waals surface area contributed by atoms with E-state index in [-0.39, 0.29) is 22.9 Å². The number of amides is 1. The molecule has 5 aromatic rings. The highest BCUT2D eigenvalue weighted by Crippen LogP contribution is 2.37. The molecule has 4 aromatic carbocycles. The molecule has 1 aliphatic rings. The smallest absolute Gasteiger partial charge is 0.262 e. The van der Waals surface area contributed by atoms with Gasteiger partial charge in [0.2, 0.25) is 5.91 Å². The van der Waals surface area contributed by atoms with E-state index in [1.807, 2.05) is 66.3 Å². The SMILES string of the molecule is CN(CCCN1CCC(c2ccccc2)(N(C)C)CC1)C(=O)Cn1ccc2cccc(NS(=O)(=O)c3cccc4ccccc34)c21. The van der Waals surface area contributed by atoms with Gasteiger partial charge in [-0.3, -0.25) is 14.4 Å².